The Bertz CT molecular complexity index is 1490. The van der Waals surface area contributed by atoms with Crippen molar-refractivity contribution in [2.24, 2.45) is 4.99 Å². The van der Waals surface area contributed by atoms with E-state index in [0.717, 1.165) is 28.1 Å². The van der Waals surface area contributed by atoms with Crippen LogP contribution in [0, 0.1) is 5.82 Å². The van der Waals surface area contributed by atoms with Crippen LogP contribution >= 0.6 is 0 Å². The topological polar surface area (TPSA) is 103 Å². The van der Waals surface area contributed by atoms with Gasteiger partial charge in [-0.15, -0.1) is 0 Å². The van der Waals surface area contributed by atoms with Gasteiger partial charge < -0.3 is 25.0 Å². The number of imidazole rings is 1. The first-order valence-corrected chi connectivity index (χ1v) is 12.0. The second kappa shape index (κ2) is 9.27. The lowest BCUT2D eigenvalue weighted by Crippen LogP contribution is -2.22. The highest BCUT2D eigenvalue weighted by atomic mass is 19.1. The number of hydrogen-bond donors (Lipinski definition) is 3. The Labute approximate surface area is 212 Å². The molecule has 0 saturated carbocycles. The average Bonchev–Trinajstić information content (AvgIpc) is 3.51. The fourth-order valence-corrected chi connectivity index (χ4v) is 4.81. The molecule has 3 heterocycles. The first-order chi connectivity index (χ1) is 17.9. The van der Waals surface area contributed by atoms with Crippen LogP contribution in [0.5, 0.6) is 0 Å². The molecule has 9 heteroatoms. The molecular weight excluding hydrogens is 473 g/mol. The number of aliphatic hydroxyl groups excluding tert-OH is 2. The maximum atomic E-state index is 13.7. The van der Waals surface area contributed by atoms with E-state index in [1.54, 1.807) is 24.7 Å². The number of aromatic nitrogens is 2. The highest BCUT2D eigenvalue weighted by molar-refractivity contribution is 6.17. The van der Waals surface area contributed by atoms with E-state index in [0.29, 0.717) is 17.1 Å². The van der Waals surface area contributed by atoms with Crippen LogP contribution in [0.4, 0.5) is 21.5 Å². The fraction of sp³-hybridized carbons (Fsp3) is 0.179. The average molecular weight is 498 g/mol. The molecule has 0 spiro atoms. The van der Waals surface area contributed by atoms with E-state index in [9.17, 15) is 19.4 Å². The molecule has 3 N–H and O–H groups in total. The molecule has 3 aromatic carbocycles. The van der Waals surface area contributed by atoms with Crippen LogP contribution in [0.25, 0.3) is 16.8 Å². The van der Waals surface area contributed by atoms with Gasteiger partial charge in [-0.2, -0.15) is 0 Å². The molecule has 0 bridgehead atoms. The number of benzene rings is 3. The van der Waals surface area contributed by atoms with Crippen molar-refractivity contribution in [2.75, 3.05) is 23.3 Å². The molecule has 2 aliphatic heterocycles. The molecule has 1 saturated heterocycles. The Morgan fingerprint density at radius 3 is 2.49 bits per heavy atom. The smallest absolute Gasteiger partial charge is 0.230 e. The second-order valence-electron chi connectivity index (χ2n) is 9.24. The summed E-state index contributed by atoms with van der Waals surface area (Å²) in [6, 6.07) is 17.5. The van der Waals surface area contributed by atoms with Crippen molar-refractivity contribution in [1.29, 1.82) is 0 Å². The minimum atomic E-state index is -0.885. The number of amides is 1. The third-order valence-corrected chi connectivity index (χ3v) is 6.71. The summed E-state index contributed by atoms with van der Waals surface area (Å²) < 4.78 is 15.5. The summed E-state index contributed by atoms with van der Waals surface area (Å²) >= 11 is 0. The number of anilines is 2. The number of nitrogens with zero attached hydrogens (tertiary/aromatic N) is 4. The van der Waals surface area contributed by atoms with Crippen molar-refractivity contribution in [3.8, 4) is 16.8 Å². The molecule has 4 aromatic rings. The lowest BCUT2D eigenvalue weighted by Gasteiger charge is -2.23. The number of carbonyl (C=O) groups is 1. The number of β-amino-alcohol motifs (C(OH)–C–C–N with tert-alkyl or cyclic N) is 2. The molecule has 37 heavy (non-hydrogen) atoms. The quantitative estimate of drug-likeness (QED) is 0.399. The summed E-state index contributed by atoms with van der Waals surface area (Å²) in [7, 11) is 0. The maximum Gasteiger partial charge on any atom is 0.230 e. The second-order valence-corrected chi connectivity index (χ2v) is 9.24. The maximum absolute atomic E-state index is 13.7. The van der Waals surface area contributed by atoms with E-state index in [1.807, 2.05) is 52.1 Å². The number of carbonyl (C=O) groups excluding carboxylic acids is 1. The number of fused-ring (bicyclic) bond motifs is 1. The molecule has 1 amide bonds. The van der Waals surface area contributed by atoms with Crippen LogP contribution in [0.3, 0.4) is 0 Å². The number of nitrogens with one attached hydrogen (secondary N) is 1. The molecule has 2 aliphatic rings. The van der Waals surface area contributed by atoms with Gasteiger partial charge >= 0.3 is 0 Å². The third kappa shape index (κ3) is 4.50. The van der Waals surface area contributed by atoms with Crippen molar-refractivity contribution in [2.45, 2.75) is 18.6 Å². The van der Waals surface area contributed by atoms with Gasteiger partial charge in [0, 0.05) is 42.4 Å². The zero-order valence-corrected chi connectivity index (χ0v) is 19.8. The summed E-state index contributed by atoms with van der Waals surface area (Å²) in [5, 5.41) is 23.4. The number of rotatable bonds is 4. The van der Waals surface area contributed by atoms with E-state index in [-0.39, 0.29) is 31.2 Å². The van der Waals surface area contributed by atoms with Crippen LogP contribution in [-0.2, 0) is 4.79 Å². The summed E-state index contributed by atoms with van der Waals surface area (Å²) in [4.78, 5) is 23.8. The van der Waals surface area contributed by atoms with E-state index < -0.39 is 12.2 Å². The van der Waals surface area contributed by atoms with Gasteiger partial charge in [0.15, 0.2) is 0 Å². The molecule has 1 aromatic heterocycles. The lowest BCUT2D eigenvalue weighted by atomic mass is 10.0. The van der Waals surface area contributed by atoms with Gasteiger partial charge in [0.1, 0.15) is 5.82 Å². The van der Waals surface area contributed by atoms with E-state index in [1.165, 1.54) is 12.1 Å². The number of hydrogen-bond acceptors (Lipinski definition) is 6. The van der Waals surface area contributed by atoms with Gasteiger partial charge in [-0.1, -0.05) is 24.3 Å². The Morgan fingerprint density at radius 2 is 1.76 bits per heavy atom. The van der Waals surface area contributed by atoms with Crippen molar-refractivity contribution < 1.29 is 19.4 Å². The molecule has 6 rings (SSSR count). The zero-order valence-electron chi connectivity index (χ0n) is 19.8. The summed E-state index contributed by atoms with van der Waals surface area (Å²) in [5.74, 6) is -0.553. The summed E-state index contributed by atoms with van der Waals surface area (Å²) in [6.07, 6.45) is 3.57. The van der Waals surface area contributed by atoms with Crippen molar-refractivity contribution in [1.82, 2.24) is 9.55 Å². The van der Waals surface area contributed by atoms with E-state index >= 15 is 0 Å². The molecule has 8 nitrogen and oxygen atoms in total. The van der Waals surface area contributed by atoms with Crippen molar-refractivity contribution in [3.05, 3.63) is 90.8 Å². The van der Waals surface area contributed by atoms with Gasteiger partial charge in [-0.3, -0.25) is 9.79 Å². The third-order valence-electron chi connectivity index (χ3n) is 6.71. The largest absolute Gasteiger partial charge is 0.389 e. The highest BCUT2D eigenvalue weighted by Gasteiger charge is 2.32. The number of aliphatic imine (C=N–C) groups is 1. The summed E-state index contributed by atoms with van der Waals surface area (Å²) in [5.41, 5.74) is 5.62. The Morgan fingerprint density at radius 1 is 0.973 bits per heavy atom. The SMILES string of the molecule is O=C1CC(c2cccc(-n3ccnc3)c2)=Nc2cc(N3CC(O)C(O)C3)c(-c3ccc(F)cc3)cc2N1. The minimum Gasteiger partial charge on any atom is -0.389 e. The molecule has 0 radical (unpaired) electrons. The normalized spacial score (nSPS) is 19.3. The van der Waals surface area contributed by atoms with Crippen LogP contribution in [0.15, 0.2) is 84.4 Å². The highest BCUT2D eigenvalue weighted by Crippen LogP contribution is 2.42. The van der Waals surface area contributed by atoms with Crippen LogP contribution in [0.1, 0.15) is 12.0 Å². The first-order valence-electron chi connectivity index (χ1n) is 12.0. The molecule has 2 unspecified atom stereocenters. The monoisotopic (exact) mass is 497 g/mol. The molecule has 0 aliphatic carbocycles. The van der Waals surface area contributed by atoms with Gasteiger partial charge in [0.25, 0.3) is 0 Å². The summed E-state index contributed by atoms with van der Waals surface area (Å²) in [6.45, 7) is 0.480. The van der Waals surface area contributed by atoms with Gasteiger partial charge in [-0.05, 0) is 47.5 Å². The Kier molecular flexibility index (Phi) is 5.78. The Hall–Kier alpha value is -4.34. The van der Waals surface area contributed by atoms with Gasteiger partial charge in [-0.25, -0.2) is 9.37 Å². The molecule has 186 valence electrons. The molecule has 2 atom stereocenters. The van der Waals surface area contributed by atoms with Gasteiger partial charge in [0.05, 0.1) is 42.0 Å². The first kappa shape index (κ1) is 23.1. The zero-order chi connectivity index (χ0) is 25.5. The van der Waals surface area contributed by atoms with E-state index in [4.69, 9.17) is 4.99 Å². The molecule has 1 fully saturated rings. The van der Waals surface area contributed by atoms with Gasteiger partial charge in [0.2, 0.25) is 5.91 Å². The van der Waals surface area contributed by atoms with Crippen LogP contribution in [0.2, 0.25) is 0 Å². The van der Waals surface area contributed by atoms with Crippen molar-refractivity contribution >= 4 is 28.7 Å². The predicted molar refractivity (Wildman–Crippen MR) is 139 cm³/mol. The van der Waals surface area contributed by atoms with Crippen molar-refractivity contribution in [3.63, 3.8) is 0 Å². The minimum absolute atomic E-state index is 0.0877. The van der Waals surface area contributed by atoms with Crippen LogP contribution < -0.4 is 10.2 Å². The predicted octanol–water partition coefficient (Wildman–Crippen LogP) is 3.68. The lowest BCUT2D eigenvalue weighted by molar-refractivity contribution is -0.115. The number of halogens is 1. The number of aliphatic hydroxyl groups is 2. The fourth-order valence-electron chi connectivity index (χ4n) is 4.81. The van der Waals surface area contributed by atoms with E-state index in [2.05, 4.69) is 10.3 Å². The molecular formula is C28H24FN5O3. The van der Waals surface area contributed by atoms with Crippen LogP contribution in [-0.4, -0.2) is 56.7 Å². The Balaban J connectivity index is 1.48. The standard InChI is InChI=1S/C28H24FN5O3/c29-19-6-4-17(5-7-19)21-11-23-24(12-25(21)34-14-26(35)27(36)15-34)31-22(13-28(37)32-23)18-2-1-3-20(10-18)33-9-8-30-16-33/h1-12,16,26-27,35-36H,13-15H2,(H,32,37).